The van der Waals surface area contributed by atoms with E-state index in [0.29, 0.717) is 12.6 Å². The first-order chi connectivity index (χ1) is 7.02. The van der Waals surface area contributed by atoms with Crippen molar-refractivity contribution in [3.63, 3.8) is 0 Å². The number of halogens is 1. The van der Waals surface area contributed by atoms with Gasteiger partial charge < -0.3 is 22.0 Å². The topological polar surface area (TPSA) is 20.2 Å². The highest BCUT2D eigenvalue weighted by atomic mass is 35.5. The van der Waals surface area contributed by atoms with Crippen molar-refractivity contribution in [1.29, 1.82) is 0 Å². The third kappa shape index (κ3) is 9.44. The summed E-state index contributed by atoms with van der Waals surface area (Å²) in [6.45, 7) is 2.57. The molecule has 0 amide bonds. The Balaban J connectivity index is 0. The number of aliphatic hydroxyl groups is 1. The van der Waals surface area contributed by atoms with Crippen LogP contribution in [-0.4, -0.2) is 43.4 Å². The maximum absolute atomic E-state index is 9.29. The molecule has 3 heteroatoms. The molecule has 1 atom stereocenters. The van der Waals surface area contributed by atoms with Crippen molar-refractivity contribution in [3.05, 3.63) is 0 Å². The lowest BCUT2D eigenvalue weighted by molar-refractivity contribution is -0.897. The van der Waals surface area contributed by atoms with Gasteiger partial charge in [0, 0.05) is 6.42 Å². The lowest BCUT2D eigenvalue weighted by Crippen LogP contribution is -3.00. The van der Waals surface area contributed by atoms with Gasteiger partial charge in [-0.1, -0.05) is 39.0 Å². The fourth-order valence-electron chi connectivity index (χ4n) is 1.88. The highest BCUT2D eigenvalue weighted by Crippen LogP contribution is 2.13. The standard InChI is InChI=1S/C13H30NO.ClH/c1-5-6-7-8-9-10-11-13(12-15)14(2,3)4;/h13,15H,5-12H2,1-4H3;1H/q+1;/p-1. The Labute approximate surface area is 108 Å². The predicted molar refractivity (Wildman–Crippen MR) is 66.9 cm³/mol. The largest absolute Gasteiger partial charge is 1.00 e. The second-order valence-electron chi connectivity index (χ2n) is 5.51. The van der Waals surface area contributed by atoms with Crippen molar-refractivity contribution in [2.24, 2.45) is 0 Å². The Hall–Kier alpha value is 0.210. The number of nitrogens with zero attached hydrogens (tertiary/aromatic N) is 1. The normalized spacial score (nSPS) is 13.3. The minimum atomic E-state index is 0. The Morgan fingerprint density at radius 1 is 0.938 bits per heavy atom. The van der Waals surface area contributed by atoms with Gasteiger partial charge in [-0.05, 0) is 6.42 Å². The maximum atomic E-state index is 9.29. The van der Waals surface area contributed by atoms with Crippen LogP contribution in [-0.2, 0) is 0 Å². The van der Waals surface area contributed by atoms with Crippen LogP contribution < -0.4 is 12.4 Å². The van der Waals surface area contributed by atoms with E-state index in [4.69, 9.17) is 0 Å². The van der Waals surface area contributed by atoms with E-state index in [0.717, 1.165) is 10.9 Å². The van der Waals surface area contributed by atoms with Crippen LogP contribution in [0.5, 0.6) is 0 Å². The van der Waals surface area contributed by atoms with Crippen molar-refractivity contribution < 1.29 is 22.0 Å². The van der Waals surface area contributed by atoms with Crippen LogP contribution in [0.2, 0.25) is 0 Å². The molecule has 100 valence electrons. The fraction of sp³-hybridized carbons (Fsp3) is 1.00. The first-order valence-electron chi connectivity index (χ1n) is 6.44. The van der Waals surface area contributed by atoms with Crippen LogP contribution in [0.4, 0.5) is 0 Å². The van der Waals surface area contributed by atoms with E-state index in [2.05, 4.69) is 28.1 Å². The number of aliphatic hydroxyl groups excluding tert-OH is 1. The van der Waals surface area contributed by atoms with E-state index in [1.165, 1.54) is 38.5 Å². The summed E-state index contributed by atoms with van der Waals surface area (Å²) in [6.07, 6.45) is 9.19. The molecule has 0 aromatic heterocycles. The zero-order valence-electron chi connectivity index (χ0n) is 11.5. The van der Waals surface area contributed by atoms with E-state index >= 15 is 0 Å². The quantitative estimate of drug-likeness (QED) is 0.445. The number of rotatable bonds is 9. The second kappa shape index (κ2) is 10.4. The molecular formula is C13H30ClNO. The molecule has 0 bridgehead atoms. The van der Waals surface area contributed by atoms with Crippen LogP contribution in [0.1, 0.15) is 51.9 Å². The lowest BCUT2D eigenvalue weighted by Gasteiger charge is -2.33. The van der Waals surface area contributed by atoms with Crippen LogP contribution >= 0.6 is 0 Å². The van der Waals surface area contributed by atoms with Gasteiger partial charge >= 0.3 is 0 Å². The molecule has 1 unspecified atom stereocenters. The molecule has 0 aliphatic rings. The lowest BCUT2D eigenvalue weighted by atomic mass is 10.0. The summed E-state index contributed by atoms with van der Waals surface area (Å²) in [5.74, 6) is 0. The summed E-state index contributed by atoms with van der Waals surface area (Å²) in [4.78, 5) is 0. The number of hydrogen-bond donors (Lipinski definition) is 1. The molecule has 0 saturated carbocycles. The molecule has 1 N–H and O–H groups in total. The molecule has 0 heterocycles. The highest BCUT2D eigenvalue weighted by molar-refractivity contribution is 4.56. The van der Waals surface area contributed by atoms with Gasteiger partial charge in [-0.2, -0.15) is 0 Å². The van der Waals surface area contributed by atoms with Crippen molar-refractivity contribution in [1.82, 2.24) is 0 Å². The van der Waals surface area contributed by atoms with Crippen LogP contribution in [0.15, 0.2) is 0 Å². The van der Waals surface area contributed by atoms with Gasteiger partial charge in [-0.15, -0.1) is 0 Å². The molecule has 16 heavy (non-hydrogen) atoms. The van der Waals surface area contributed by atoms with Crippen LogP contribution in [0.3, 0.4) is 0 Å². The van der Waals surface area contributed by atoms with E-state index in [9.17, 15) is 5.11 Å². The summed E-state index contributed by atoms with van der Waals surface area (Å²) in [5.41, 5.74) is 0. The molecule has 0 aliphatic heterocycles. The van der Waals surface area contributed by atoms with Gasteiger partial charge in [-0.25, -0.2) is 0 Å². The van der Waals surface area contributed by atoms with Gasteiger partial charge in [0.15, 0.2) is 0 Å². The van der Waals surface area contributed by atoms with Gasteiger partial charge in [0.05, 0.1) is 27.7 Å². The third-order valence-electron chi connectivity index (χ3n) is 3.20. The molecule has 0 aromatic carbocycles. The van der Waals surface area contributed by atoms with Crippen LogP contribution in [0.25, 0.3) is 0 Å². The van der Waals surface area contributed by atoms with Crippen LogP contribution in [0, 0.1) is 0 Å². The first kappa shape index (κ1) is 18.6. The molecule has 0 aromatic rings. The van der Waals surface area contributed by atoms with Gasteiger partial charge in [-0.3, -0.25) is 0 Å². The molecule has 0 rings (SSSR count). The predicted octanol–water partition coefficient (Wildman–Crippen LogP) is -0.192. The minimum Gasteiger partial charge on any atom is -1.00 e. The molecule has 0 aliphatic carbocycles. The summed E-state index contributed by atoms with van der Waals surface area (Å²) in [5, 5.41) is 9.29. The number of unbranched alkanes of at least 4 members (excludes halogenated alkanes) is 5. The summed E-state index contributed by atoms with van der Waals surface area (Å²) >= 11 is 0. The fourth-order valence-corrected chi connectivity index (χ4v) is 1.88. The number of likely N-dealkylation sites (N-methyl/N-ethyl adjacent to an activating group) is 1. The van der Waals surface area contributed by atoms with Gasteiger partial charge in [0.1, 0.15) is 6.04 Å². The summed E-state index contributed by atoms with van der Waals surface area (Å²) in [7, 11) is 6.49. The zero-order chi connectivity index (χ0) is 11.7. The maximum Gasteiger partial charge on any atom is 0.112 e. The average Bonchev–Trinajstić information content (AvgIpc) is 2.15. The van der Waals surface area contributed by atoms with E-state index in [-0.39, 0.29) is 12.4 Å². The molecule has 0 fully saturated rings. The van der Waals surface area contributed by atoms with E-state index < -0.39 is 0 Å². The number of quaternary nitrogens is 1. The molecule has 0 radical (unpaired) electrons. The van der Waals surface area contributed by atoms with Crippen molar-refractivity contribution in [3.8, 4) is 0 Å². The summed E-state index contributed by atoms with van der Waals surface area (Å²) in [6, 6.07) is 0.413. The van der Waals surface area contributed by atoms with E-state index in [1.807, 2.05) is 0 Å². The SMILES string of the molecule is CCCCCCCCC(CO)[N+](C)(C)C.[Cl-]. The highest BCUT2D eigenvalue weighted by Gasteiger charge is 2.21. The Bertz CT molecular complexity index is 145. The second-order valence-corrected chi connectivity index (χ2v) is 5.51. The third-order valence-corrected chi connectivity index (χ3v) is 3.20. The molecule has 0 spiro atoms. The smallest absolute Gasteiger partial charge is 0.112 e. The van der Waals surface area contributed by atoms with Crippen molar-refractivity contribution in [2.75, 3.05) is 27.7 Å². The number of hydrogen-bond acceptors (Lipinski definition) is 1. The Kier molecular flexibility index (Phi) is 12.0. The Morgan fingerprint density at radius 2 is 1.44 bits per heavy atom. The van der Waals surface area contributed by atoms with Crippen molar-refractivity contribution >= 4 is 0 Å². The summed E-state index contributed by atoms with van der Waals surface area (Å²) < 4.78 is 0.880. The minimum absolute atomic E-state index is 0. The monoisotopic (exact) mass is 251 g/mol. The first-order valence-corrected chi connectivity index (χ1v) is 6.44. The molecule has 0 saturated heterocycles. The molecular weight excluding hydrogens is 222 g/mol. The molecule has 2 nitrogen and oxygen atoms in total. The average molecular weight is 252 g/mol. The zero-order valence-corrected chi connectivity index (χ0v) is 12.3. The van der Waals surface area contributed by atoms with Crippen molar-refractivity contribution in [2.45, 2.75) is 57.9 Å². The Morgan fingerprint density at radius 3 is 1.88 bits per heavy atom. The van der Waals surface area contributed by atoms with Gasteiger partial charge in [0.25, 0.3) is 0 Å². The van der Waals surface area contributed by atoms with E-state index in [1.54, 1.807) is 0 Å². The van der Waals surface area contributed by atoms with Gasteiger partial charge in [0.2, 0.25) is 0 Å².